The molecule has 0 spiro atoms. The van der Waals surface area contributed by atoms with Gasteiger partial charge < -0.3 is 11.5 Å². The SMILES string of the molecule is NCC(N)C1CCCCCCC1. The van der Waals surface area contributed by atoms with Gasteiger partial charge in [0.1, 0.15) is 0 Å². The third-order valence-electron chi connectivity index (χ3n) is 3.03. The zero-order valence-electron chi connectivity index (χ0n) is 7.97. The molecular weight excluding hydrogens is 148 g/mol. The Kier molecular flexibility index (Phi) is 4.62. The first-order valence-corrected chi connectivity index (χ1v) is 5.30. The van der Waals surface area contributed by atoms with Gasteiger partial charge >= 0.3 is 0 Å². The van der Waals surface area contributed by atoms with Crippen LogP contribution < -0.4 is 11.5 Å². The lowest BCUT2D eigenvalue weighted by Crippen LogP contribution is -2.37. The van der Waals surface area contributed by atoms with Gasteiger partial charge in [0.05, 0.1) is 0 Å². The third kappa shape index (κ3) is 3.11. The molecule has 1 atom stereocenters. The van der Waals surface area contributed by atoms with E-state index in [4.69, 9.17) is 11.5 Å². The van der Waals surface area contributed by atoms with Gasteiger partial charge in [-0.05, 0) is 18.8 Å². The Bertz CT molecular complexity index is 106. The molecule has 0 amide bonds. The van der Waals surface area contributed by atoms with E-state index >= 15 is 0 Å². The van der Waals surface area contributed by atoms with Gasteiger partial charge in [-0.1, -0.05) is 32.1 Å². The molecule has 0 saturated heterocycles. The van der Waals surface area contributed by atoms with Crippen molar-refractivity contribution in [2.45, 2.75) is 51.0 Å². The molecule has 0 aromatic carbocycles. The summed E-state index contributed by atoms with van der Waals surface area (Å²) in [7, 11) is 0. The molecule has 72 valence electrons. The minimum atomic E-state index is 0.253. The fourth-order valence-corrected chi connectivity index (χ4v) is 2.11. The summed E-state index contributed by atoms with van der Waals surface area (Å²) in [6.07, 6.45) is 9.54. The summed E-state index contributed by atoms with van der Waals surface area (Å²) in [5.74, 6) is 0.704. The summed E-state index contributed by atoms with van der Waals surface area (Å²) in [6, 6.07) is 0.253. The number of hydrogen-bond acceptors (Lipinski definition) is 2. The molecule has 2 nitrogen and oxygen atoms in total. The largest absolute Gasteiger partial charge is 0.329 e. The highest BCUT2D eigenvalue weighted by Gasteiger charge is 2.16. The molecule has 4 N–H and O–H groups in total. The van der Waals surface area contributed by atoms with E-state index in [1.165, 1.54) is 44.9 Å². The predicted molar refractivity (Wildman–Crippen MR) is 52.8 cm³/mol. The average Bonchev–Trinajstić information content (AvgIpc) is 2.02. The monoisotopic (exact) mass is 170 g/mol. The molecule has 1 fully saturated rings. The molecular formula is C10H22N2. The minimum absolute atomic E-state index is 0.253. The van der Waals surface area contributed by atoms with Gasteiger partial charge in [0.15, 0.2) is 0 Å². The maximum absolute atomic E-state index is 5.94. The Labute approximate surface area is 75.7 Å². The molecule has 1 rings (SSSR count). The lowest BCUT2D eigenvalue weighted by Gasteiger charge is -2.24. The quantitative estimate of drug-likeness (QED) is 0.662. The zero-order valence-corrected chi connectivity index (χ0v) is 7.97. The lowest BCUT2D eigenvalue weighted by molar-refractivity contribution is 0.327. The van der Waals surface area contributed by atoms with Gasteiger partial charge in [-0.3, -0.25) is 0 Å². The Balaban J connectivity index is 2.29. The molecule has 0 aliphatic heterocycles. The van der Waals surface area contributed by atoms with E-state index in [1.807, 2.05) is 0 Å². The Morgan fingerprint density at radius 3 is 2.00 bits per heavy atom. The third-order valence-corrected chi connectivity index (χ3v) is 3.03. The van der Waals surface area contributed by atoms with Crippen LogP contribution in [0.2, 0.25) is 0 Å². The van der Waals surface area contributed by atoms with Crippen LogP contribution in [0.15, 0.2) is 0 Å². The van der Waals surface area contributed by atoms with Crippen molar-refractivity contribution in [2.24, 2.45) is 17.4 Å². The maximum atomic E-state index is 5.94. The topological polar surface area (TPSA) is 52.0 Å². The number of hydrogen-bond donors (Lipinski definition) is 2. The van der Waals surface area contributed by atoms with Crippen molar-refractivity contribution in [1.29, 1.82) is 0 Å². The molecule has 0 aromatic rings. The highest BCUT2D eigenvalue weighted by molar-refractivity contribution is 4.75. The van der Waals surface area contributed by atoms with Gasteiger partial charge in [0.2, 0.25) is 0 Å². The standard InChI is InChI=1S/C10H22N2/c11-8-10(12)9-6-4-2-1-3-5-7-9/h9-10H,1-8,11-12H2. The van der Waals surface area contributed by atoms with Gasteiger partial charge in [0.25, 0.3) is 0 Å². The minimum Gasteiger partial charge on any atom is -0.329 e. The second-order valence-corrected chi connectivity index (χ2v) is 4.00. The summed E-state index contributed by atoms with van der Waals surface area (Å²) >= 11 is 0. The fraction of sp³-hybridized carbons (Fsp3) is 1.00. The summed E-state index contributed by atoms with van der Waals surface area (Å²) in [5.41, 5.74) is 11.5. The summed E-state index contributed by atoms with van der Waals surface area (Å²) in [4.78, 5) is 0. The highest BCUT2D eigenvalue weighted by atomic mass is 14.7. The maximum Gasteiger partial charge on any atom is 0.0191 e. The van der Waals surface area contributed by atoms with Crippen molar-refractivity contribution < 1.29 is 0 Å². The van der Waals surface area contributed by atoms with Crippen molar-refractivity contribution in [3.8, 4) is 0 Å². The smallest absolute Gasteiger partial charge is 0.0191 e. The van der Waals surface area contributed by atoms with Crippen LogP contribution in [0.3, 0.4) is 0 Å². The Morgan fingerprint density at radius 2 is 1.50 bits per heavy atom. The van der Waals surface area contributed by atoms with Crippen molar-refractivity contribution >= 4 is 0 Å². The highest BCUT2D eigenvalue weighted by Crippen LogP contribution is 2.23. The molecule has 0 aromatic heterocycles. The average molecular weight is 170 g/mol. The van der Waals surface area contributed by atoms with Crippen LogP contribution in [0.4, 0.5) is 0 Å². The molecule has 2 heteroatoms. The summed E-state index contributed by atoms with van der Waals surface area (Å²) in [5, 5.41) is 0. The molecule has 1 aliphatic rings. The Morgan fingerprint density at radius 1 is 1.00 bits per heavy atom. The van der Waals surface area contributed by atoms with Gasteiger partial charge in [-0.2, -0.15) is 0 Å². The van der Waals surface area contributed by atoms with Gasteiger partial charge in [-0.25, -0.2) is 0 Å². The number of nitrogens with two attached hydrogens (primary N) is 2. The summed E-state index contributed by atoms with van der Waals surface area (Å²) in [6.45, 7) is 0.657. The van der Waals surface area contributed by atoms with E-state index in [2.05, 4.69) is 0 Å². The fourth-order valence-electron chi connectivity index (χ4n) is 2.11. The zero-order chi connectivity index (χ0) is 8.81. The van der Waals surface area contributed by atoms with Crippen LogP contribution in [-0.2, 0) is 0 Å². The first-order valence-electron chi connectivity index (χ1n) is 5.30. The van der Waals surface area contributed by atoms with Crippen molar-refractivity contribution in [2.75, 3.05) is 6.54 Å². The molecule has 1 saturated carbocycles. The van der Waals surface area contributed by atoms with E-state index < -0.39 is 0 Å². The van der Waals surface area contributed by atoms with E-state index in [9.17, 15) is 0 Å². The van der Waals surface area contributed by atoms with E-state index in [1.54, 1.807) is 0 Å². The van der Waals surface area contributed by atoms with E-state index in [0.29, 0.717) is 12.5 Å². The molecule has 1 unspecified atom stereocenters. The Hall–Kier alpha value is -0.0800. The second-order valence-electron chi connectivity index (χ2n) is 4.00. The predicted octanol–water partition coefficient (Wildman–Crippen LogP) is 1.63. The van der Waals surface area contributed by atoms with Crippen LogP contribution >= 0.6 is 0 Å². The summed E-state index contributed by atoms with van der Waals surface area (Å²) < 4.78 is 0. The first kappa shape index (κ1) is 10.0. The van der Waals surface area contributed by atoms with Crippen molar-refractivity contribution in [3.63, 3.8) is 0 Å². The molecule has 0 radical (unpaired) electrons. The van der Waals surface area contributed by atoms with Crippen LogP contribution in [0.25, 0.3) is 0 Å². The van der Waals surface area contributed by atoms with Gasteiger partial charge in [0, 0.05) is 12.6 Å². The van der Waals surface area contributed by atoms with Crippen LogP contribution in [-0.4, -0.2) is 12.6 Å². The molecule has 0 heterocycles. The van der Waals surface area contributed by atoms with Crippen LogP contribution in [0, 0.1) is 5.92 Å². The normalized spacial score (nSPS) is 24.5. The second kappa shape index (κ2) is 5.55. The first-order chi connectivity index (χ1) is 5.84. The molecule has 0 bridgehead atoms. The van der Waals surface area contributed by atoms with E-state index in [0.717, 1.165) is 0 Å². The van der Waals surface area contributed by atoms with Crippen LogP contribution in [0.1, 0.15) is 44.9 Å². The van der Waals surface area contributed by atoms with Crippen LogP contribution in [0.5, 0.6) is 0 Å². The van der Waals surface area contributed by atoms with Gasteiger partial charge in [-0.15, -0.1) is 0 Å². The lowest BCUT2D eigenvalue weighted by atomic mass is 9.86. The van der Waals surface area contributed by atoms with Crippen molar-refractivity contribution in [1.82, 2.24) is 0 Å². The van der Waals surface area contributed by atoms with Crippen molar-refractivity contribution in [3.05, 3.63) is 0 Å². The number of rotatable bonds is 2. The molecule has 12 heavy (non-hydrogen) atoms. The van der Waals surface area contributed by atoms with E-state index in [-0.39, 0.29) is 6.04 Å². The molecule has 1 aliphatic carbocycles.